The second kappa shape index (κ2) is 16.5. The molecule has 0 radical (unpaired) electrons. The Balaban J connectivity index is 3.19. The maximum atomic E-state index is 10.5. The van der Waals surface area contributed by atoms with Crippen LogP contribution < -0.4 is 0 Å². The highest BCUT2D eigenvalue weighted by Crippen LogP contribution is 2.08. The Hall–Kier alpha value is -0.560. The maximum absolute atomic E-state index is 10.5. The normalized spacial score (nSPS) is 11.7. The molecule has 0 N–H and O–H groups in total. The Morgan fingerprint density at radius 1 is 0.800 bits per heavy atom. The van der Waals surface area contributed by atoms with Gasteiger partial charge in [-0.1, -0.05) is 69.8 Å². The van der Waals surface area contributed by atoms with Gasteiger partial charge in [0, 0.05) is 6.42 Å². The standard InChI is InChI=1S/C18H31ClO/c1-2-3-4-5-6-7-8-9-10-11-12-13-14-15-16-17-18(19)20/h7-10H,2-6,11-17H2,1H3/b8-7+,10-9+. The summed E-state index contributed by atoms with van der Waals surface area (Å²) in [6.45, 7) is 2.25. The van der Waals surface area contributed by atoms with Crippen molar-refractivity contribution in [3.63, 3.8) is 0 Å². The SMILES string of the molecule is CCCCCC/C=C/C=C/CCCCCCCC(=O)Cl. The van der Waals surface area contributed by atoms with Crippen molar-refractivity contribution in [1.29, 1.82) is 0 Å². The molecule has 1 nitrogen and oxygen atoms in total. The van der Waals surface area contributed by atoms with E-state index in [1.165, 1.54) is 51.4 Å². The molecule has 0 fully saturated rings. The number of carbonyl (C=O) groups excluding carboxylic acids is 1. The molecule has 0 heterocycles. The van der Waals surface area contributed by atoms with E-state index in [2.05, 4.69) is 31.2 Å². The Kier molecular flexibility index (Phi) is 16.0. The molecule has 0 unspecified atom stereocenters. The summed E-state index contributed by atoms with van der Waals surface area (Å²) in [5.74, 6) is 0. The number of carbonyl (C=O) groups is 1. The lowest BCUT2D eigenvalue weighted by molar-refractivity contribution is -0.111. The van der Waals surface area contributed by atoms with Crippen molar-refractivity contribution in [2.45, 2.75) is 84.0 Å². The van der Waals surface area contributed by atoms with Gasteiger partial charge in [-0.3, -0.25) is 4.79 Å². The van der Waals surface area contributed by atoms with Gasteiger partial charge in [0.15, 0.2) is 0 Å². The molecule has 0 rings (SSSR count). The molecule has 0 amide bonds. The van der Waals surface area contributed by atoms with Gasteiger partial charge in [-0.15, -0.1) is 0 Å². The van der Waals surface area contributed by atoms with Crippen molar-refractivity contribution in [3.8, 4) is 0 Å². The van der Waals surface area contributed by atoms with E-state index in [4.69, 9.17) is 11.6 Å². The van der Waals surface area contributed by atoms with Crippen molar-refractivity contribution < 1.29 is 4.79 Å². The van der Waals surface area contributed by atoms with Crippen LogP contribution in [0.3, 0.4) is 0 Å². The quantitative estimate of drug-likeness (QED) is 0.201. The van der Waals surface area contributed by atoms with Gasteiger partial charge in [-0.05, 0) is 43.7 Å². The zero-order chi connectivity index (χ0) is 14.9. The van der Waals surface area contributed by atoms with Crippen molar-refractivity contribution in [3.05, 3.63) is 24.3 Å². The van der Waals surface area contributed by atoms with E-state index < -0.39 is 0 Å². The van der Waals surface area contributed by atoms with Crippen LogP contribution in [-0.2, 0) is 4.79 Å². The maximum Gasteiger partial charge on any atom is 0.221 e. The molecule has 2 heteroatoms. The summed E-state index contributed by atoms with van der Waals surface area (Å²) in [5.41, 5.74) is 0. The van der Waals surface area contributed by atoms with Crippen LogP contribution >= 0.6 is 11.6 Å². The fourth-order valence-corrected chi connectivity index (χ4v) is 2.23. The van der Waals surface area contributed by atoms with Crippen LogP contribution in [0.5, 0.6) is 0 Å². The summed E-state index contributed by atoms with van der Waals surface area (Å²) in [4.78, 5) is 10.5. The highest BCUT2D eigenvalue weighted by Gasteiger charge is 1.95. The Morgan fingerprint density at radius 3 is 1.85 bits per heavy atom. The van der Waals surface area contributed by atoms with E-state index in [1.807, 2.05) is 0 Å². The van der Waals surface area contributed by atoms with E-state index in [0.29, 0.717) is 6.42 Å². The van der Waals surface area contributed by atoms with Crippen molar-refractivity contribution in [2.24, 2.45) is 0 Å². The molecule has 116 valence electrons. The second-order valence-corrected chi connectivity index (χ2v) is 5.79. The van der Waals surface area contributed by atoms with Gasteiger partial charge in [0.2, 0.25) is 5.24 Å². The lowest BCUT2D eigenvalue weighted by Crippen LogP contribution is -1.86. The average molecular weight is 299 g/mol. The number of allylic oxidation sites excluding steroid dienone is 4. The lowest BCUT2D eigenvalue weighted by Gasteiger charge is -1.97. The summed E-state index contributed by atoms with van der Waals surface area (Å²) >= 11 is 5.28. The Morgan fingerprint density at radius 2 is 1.30 bits per heavy atom. The summed E-state index contributed by atoms with van der Waals surface area (Å²) < 4.78 is 0. The van der Waals surface area contributed by atoms with E-state index in [1.54, 1.807) is 0 Å². The van der Waals surface area contributed by atoms with Gasteiger partial charge in [-0.2, -0.15) is 0 Å². The van der Waals surface area contributed by atoms with Crippen molar-refractivity contribution in [2.75, 3.05) is 0 Å². The average Bonchev–Trinajstić information content (AvgIpc) is 2.43. The molecule has 0 aliphatic heterocycles. The van der Waals surface area contributed by atoms with E-state index in [0.717, 1.165) is 19.3 Å². The summed E-state index contributed by atoms with van der Waals surface area (Å²) in [6.07, 6.45) is 22.9. The van der Waals surface area contributed by atoms with Gasteiger partial charge in [0.1, 0.15) is 0 Å². The summed E-state index contributed by atoms with van der Waals surface area (Å²) in [5, 5.41) is -0.200. The topological polar surface area (TPSA) is 17.1 Å². The number of halogens is 1. The number of hydrogen-bond donors (Lipinski definition) is 0. The minimum absolute atomic E-state index is 0.200. The molecular formula is C18H31ClO. The van der Waals surface area contributed by atoms with Crippen LogP contribution in [-0.4, -0.2) is 5.24 Å². The second-order valence-electron chi connectivity index (χ2n) is 5.37. The first-order chi connectivity index (χ1) is 9.77. The third-order valence-corrected chi connectivity index (χ3v) is 3.54. The molecule has 20 heavy (non-hydrogen) atoms. The third kappa shape index (κ3) is 17.4. The molecular weight excluding hydrogens is 268 g/mol. The number of hydrogen-bond acceptors (Lipinski definition) is 1. The highest BCUT2D eigenvalue weighted by molar-refractivity contribution is 6.63. The number of rotatable bonds is 14. The van der Waals surface area contributed by atoms with Crippen molar-refractivity contribution >= 4 is 16.8 Å². The monoisotopic (exact) mass is 298 g/mol. The predicted molar refractivity (Wildman–Crippen MR) is 90.2 cm³/mol. The van der Waals surface area contributed by atoms with Crippen LogP contribution in [0, 0.1) is 0 Å². The highest BCUT2D eigenvalue weighted by atomic mass is 35.5. The van der Waals surface area contributed by atoms with Crippen molar-refractivity contribution in [1.82, 2.24) is 0 Å². The van der Waals surface area contributed by atoms with Crippen LogP contribution in [0.1, 0.15) is 84.0 Å². The minimum Gasteiger partial charge on any atom is -0.281 e. The molecule has 0 aliphatic rings. The smallest absolute Gasteiger partial charge is 0.221 e. The van der Waals surface area contributed by atoms with E-state index >= 15 is 0 Å². The molecule has 0 saturated carbocycles. The van der Waals surface area contributed by atoms with E-state index in [-0.39, 0.29) is 5.24 Å². The molecule has 0 aliphatic carbocycles. The van der Waals surface area contributed by atoms with Crippen LogP contribution in [0.25, 0.3) is 0 Å². The fourth-order valence-electron chi connectivity index (χ4n) is 2.10. The summed E-state index contributed by atoms with van der Waals surface area (Å²) in [6, 6.07) is 0. The first-order valence-corrected chi connectivity index (χ1v) is 8.65. The largest absolute Gasteiger partial charge is 0.281 e. The molecule has 0 spiro atoms. The lowest BCUT2D eigenvalue weighted by atomic mass is 10.1. The van der Waals surface area contributed by atoms with Gasteiger partial charge in [0.25, 0.3) is 0 Å². The molecule has 0 atom stereocenters. The first-order valence-electron chi connectivity index (χ1n) is 8.27. The van der Waals surface area contributed by atoms with E-state index in [9.17, 15) is 4.79 Å². The predicted octanol–water partition coefficient (Wildman–Crippen LogP) is 6.57. The van der Waals surface area contributed by atoms with Gasteiger partial charge in [-0.25, -0.2) is 0 Å². The zero-order valence-electron chi connectivity index (χ0n) is 13.1. The number of unbranched alkanes of at least 4 members (excludes halogenated alkanes) is 9. The van der Waals surface area contributed by atoms with Crippen LogP contribution in [0.4, 0.5) is 0 Å². The minimum atomic E-state index is -0.200. The van der Waals surface area contributed by atoms with Crippen LogP contribution in [0.15, 0.2) is 24.3 Å². The Labute approximate surface area is 130 Å². The zero-order valence-corrected chi connectivity index (χ0v) is 13.8. The fraction of sp³-hybridized carbons (Fsp3) is 0.722. The third-order valence-electron chi connectivity index (χ3n) is 3.35. The molecule has 0 aromatic rings. The summed E-state index contributed by atoms with van der Waals surface area (Å²) in [7, 11) is 0. The van der Waals surface area contributed by atoms with Gasteiger partial charge >= 0.3 is 0 Å². The van der Waals surface area contributed by atoms with Gasteiger partial charge in [0.05, 0.1) is 0 Å². The van der Waals surface area contributed by atoms with Gasteiger partial charge < -0.3 is 0 Å². The van der Waals surface area contributed by atoms with Crippen LogP contribution in [0.2, 0.25) is 0 Å². The Bertz CT molecular complexity index is 269. The molecule has 0 saturated heterocycles. The molecule has 0 bridgehead atoms. The molecule has 0 aromatic heterocycles. The molecule has 0 aromatic carbocycles. The first kappa shape index (κ1) is 19.4.